The number of hydrogen-bond donors (Lipinski definition) is 2. The van der Waals surface area contributed by atoms with E-state index in [9.17, 15) is 9.90 Å². The molecule has 0 aliphatic rings. The number of rotatable bonds is 8. The zero-order valence-corrected chi connectivity index (χ0v) is 12.7. The first-order chi connectivity index (χ1) is 9.03. The average molecular weight is 285 g/mol. The van der Waals surface area contributed by atoms with E-state index in [0.29, 0.717) is 19.5 Å². The Morgan fingerprint density at radius 3 is 2.58 bits per heavy atom. The zero-order chi connectivity index (χ0) is 14.3. The van der Waals surface area contributed by atoms with Crippen LogP contribution < -0.4 is 5.32 Å². The first-order valence-electron chi connectivity index (χ1n) is 6.60. The summed E-state index contributed by atoms with van der Waals surface area (Å²) < 4.78 is 4.64. The fourth-order valence-corrected chi connectivity index (χ4v) is 2.72. The summed E-state index contributed by atoms with van der Waals surface area (Å²) in [5, 5.41) is 13.4. The van der Waals surface area contributed by atoms with Crippen molar-refractivity contribution in [3.63, 3.8) is 0 Å². The molecule has 2 N–H and O–H groups in total. The number of carbonyl (C=O) groups is 1. The largest absolute Gasteiger partial charge is 0.469 e. The summed E-state index contributed by atoms with van der Waals surface area (Å²) in [6, 6.07) is 3.96. The van der Waals surface area contributed by atoms with Gasteiger partial charge in [-0.1, -0.05) is 13.8 Å². The molecule has 0 fully saturated rings. The number of thiophene rings is 1. The van der Waals surface area contributed by atoms with Crippen molar-refractivity contribution in [3.8, 4) is 0 Å². The van der Waals surface area contributed by atoms with Crippen molar-refractivity contribution in [2.24, 2.45) is 0 Å². The van der Waals surface area contributed by atoms with Gasteiger partial charge in [0.1, 0.15) is 0 Å². The van der Waals surface area contributed by atoms with Crippen LogP contribution in [0.3, 0.4) is 0 Å². The second-order valence-electron chi connectivity index (χ2n) is 4.66. The Morgan fingerprint density at radius 1 is 1.37 bits per heavy atom. The van der Waals surface area contributed by atoms with Gasteiger partial charge in [0.15, 0.2) is 0 Å². The summed E-state index contributed by atoms with van der Waals surface area (Å²) in [6.07, 6.45) is 1.82. The topological polar surface area (TPSA) is 58.6 Å². The molecule has 0 atom stereocenters. The van der Waals surface area contributed by atoms with Crippen LogP contribution >= 0.6 is 11.3 Å². The molecule has 0 unspecified atom stereocenters. The standard InChI is InChI=1S/C14H23NO3S/c1-4-14(17,5-2)10-15-9-12-7-6-11(19-12)8-13(16)18-3/h6-7,15,17H,4-5,8-10H2,1-3H3. The maximum atomic E-state index is 11.1. The molecule has 0 aromatic carbocycles. The van der Waals surface area contributed by atoms with Gasteiger partial charge in [0.25, 0.3) is 0 Å². The van der Waals surface area contributed by atoms with Gasteiger partial charge in [-0.3, -0.25) is 4.79 Å². The highest BCUT2D eigenvalue weighted by Crippen LogP contribution is 2.18. The fraction of sp³-hybridized carbons (Fsp3) is 0.643. The molecule has 1 aromatic heterocycles. The number of aliphatic hydroxyl groups is 1. The van der Waals surface area contributed by atoms with Gasteiger partial charge in [0.2, 0.25) is 0 Å². The number of methoxy groups -OCH3 is 1. The third kappa shape index (κ3) is 5.30. The number of ether oxygens (including phenoxy) is 1. The molecule has 0 amide bonds. The van der Waals surface area contributed by atoms with Crippen LogP contribution in [0.4, 0.5) is 0 Å². The fourth-order valence-electron chi connectivity index (χ4n) is 1.75. The quantitative estimate of drug-likeness (QED) is 0.718. The monoisotopic (exact) mass is 285 g/mol. The number of hydrogen-bond acceptors (Lipinski definition) is 5. The lowest BCUT2D eigenvalue weighted by Crippen LogP contribution is -2.39. The molecule has 0 saturated heterocycles. The van der Waals surface area contributed by atoms with E-state index in [0.717, 1.165) is 22.6 Å². The minimum absolute atomic E-state index is 0.215. The summed E-state index contributed by atoms with van der Waals surface area (Å²) >= 11 is 1.60. The molecule has 19 heavy (non-hydrogen) atoms. The highest BCUT2D eigenvalue weighted by molar-refractivity contribution is 7.12. The molecule has 0 bridgehead atoms. The normalized spacial score (nSPS) is 11.6. The SMILES string of the molecule is CCC(O)(CC)CNCc1ccc(CC(=O)OC)s1. The van der Waals surface area contributed by atoms with Gasteiger partial charge < -0.3 is 15.2 Å². The number of esters is 1. The summed E-state index contributed by atoms with van der Waals surface area (Å²) in [7, 11) is 1.40. The molecular formula is C14H23NO3S. The molecule has 1 heterocycles. The summed E-state index contributed by atoms with van der Waals surface area (Å²) in [5.41, 5.74) is -0.619. The molecular weight excluding hydrogens is 262 g/mol. The predicted octanol–water partition coefficient (Wildman–Crippen LogP) is 2.10. The molecule has 0 aliphatic heterocycles. The van der Waals surface area contributed by atoms with Crippen molar-refractivity contribution in [3.05, 3.63) is 21.9 Å². The van der Waals surface area contributed by atoms with E-state index in [-0.39, 0.29) is 5.97 Å². The number of nitrogens with one attached hydrogen (secondary N) is 1. The van der Waals surface area contributed by atoms with Crippen molar-refractivity contribution < 1.29 is 14.6 Å². The summed E-state index contributed by atoms with van der Waals surface area (Å²) in [5.74, 6) is -0.215. The molecule has 5 heteroatoms. The van der Waals surface area contributed by atoms with E-state index in [1.165, 1.54) is 7.11 Å². The van der Waals surface area contributed by atoms with Crippen LogP contribution in [0.5, 0.6) is 0 Å². The van der Waals surface area contributed by atoms with Crippen molar-refractivity contribution >= 4 is 17.3 Å². The van der Waals surface area contributed by atoms with Crippen LogP contribution in [0.1, 0.15) is 36.4 Å². The Kier molecular flexibility index (Phi) is 6.48. The highest BCUT2D eigenvalue weighted by Gasteiger charge is 2.21. The van der Waals surface area contributed by atoms with Gasteiger partial charge in [0, 0.05) is 22.8 Å². The second-order valence-corrected chi connectivity index (χ2v) is 5.91. The first-order valence-corrected chi connectivity index (χ1v) is 7.42. The van der Waals surface area contributed by atoms with Crippen molar-refractivity contribution in [2.45, 2.75) is 45.3 Å². The number of carbonyl (C=O) groups excluding carboxylic acids is 1. The molecule has 1 aromatic rings. The van der Waals surface area contributed by atoms with Gasteiger partial charge >= 0.3 is 5.97 Å². The molecule has 108 valence electrons. The van der Waals surface area contributed by atoms with Gasteiger partial charge in [-0.15, -0.1) is 11.3 Å². The second kappa shape index (κ2) is 7.62. The molecule has 0 radical (unpaired) electrons. The van der Waals surface area contributed by atoms with E-state index in [4.69, 9.17) is 0 Å². The smallest absolute Gasteiger partial charge is 0.310 e. The van der Waals surface area contributed by atoms with Crippen LogP contribution in [0.2, 0.25) is 0 Å². The lowest BCUT2D eigenvalue weighted by molar-refractivity contribution is -0.139. The highest BCUT2D eigenvalue weighted by atomic mass is 32.1. The van der Waals surface area contributed by atoms with Gasteiger partial charge in [-0.2, -0.15) is 0 Å². The van der Waals surface area contributed by atoms with Crippen LogP contribution in [0, 0.1) is 0 Å². The lowest BCUT2D eigenvalue weighted by atomic mass is 9.98. The molecule has 0 saturated carbocycles. The Balaban J connectivity index is 2.40. The van der Waals surface area contributed by atoms with Gasteiger partial charge in [-0.25, -0.2) is 0 Å². The Bertz CT molecular complexity index is 399. The van der Waals surface area contributed by atoms with Crippen LogP contribution in [0.15, 0.2) is 12.1 Å². The molecule has 0 aliphatic carbocycles. The van der Waals surface area contributed by atoms with E-state index in [2.05, 4.69) is 10.1 Å². The minimum atomic E-state index is -0.619. The summed E-state index contributed by atoms with van der Waals surface area (Å²) in [4.78, 5) is 13.3. The van der Waals surface area contributed by atoms with Crippen molar-refractivity contribution in [1.29, 1.82) is 0 Å². The Morgan fingerprint density at radius 2 is 2.00 bits per heavy atom. The maximum Gasteiger partial charge on any atom is 0.310 e. The molecule has 0 spiro atoms. The van der Waals surface area contributed by atoms with E-state index in [1.807, 2.05) is 26.0 Å². The third-order valence-corrected chi connectivity index (χ3v) is 4.42. The summed E-state index contributed by atoms with van der Waals surface area (Å²) in [6.45, 7) is 5.29. The maximum absolute atomic E-state index is 11.1. The first kappa shape index (κ1) is 16.1. The van der Waals surface area contributed by atoms with Crippen molar-refractivity contribution in [2.75, 3.05) is 13.7 Å². The Hall–Kier alpha value is -0.910. The van der Waals surface area contributed by atoms with E-state index >= 15 is 0 Å². The lowest BCUT2D eigenvalue weighted by Gasteiger charge is -2.25. The Labute approximate surface area is 118 Å². The van der Waals surface area contributed by atoms with Gasteiger partial charge in [-0.05, 0) is 25.0 Å². The minimum Gasteiger partial charge on any atom is -0.469 e. The zero-order valence-electron chi connectivity index (χ0n) is 11.9. The van der Waals surface area contributed by atoms with Gasteiger partial charge in [0.05, 0.1) is 19.1 Å². The molecule has 1 rings (SSSR count). The third-order valence-electron chi connectivity index (χ3n) is 3.33. The molecule has 4 nitrogen and oxygen atoms in total. The predicted molar refractivity (Wildman–Crippen MR) is 77.3 cm³/mol. The average Bonchev–Trinajstić information content (AvgIpc) is 2.85. The van der Waals surface area contributed by atoms with E-state index in [1.54, 1.807) is 11.3 Å². The van der Waals surface area contributed by atoms with E-state index < -0.39 is 5.60 Å². The van der Waals surface area contributed by atoms with Crippen LogP contribution in [-0.2, 0) is 22.5 Å². The van der Waals surface area contributed by atoms with Crippen LogP contribution in [-0.4, -0.2) is 30.3 Å². The van der Waals surface area contributed by atoms with Crippen LogP contribution in [0.25, 0.3) is 0 Å². The van der Waals surface area contributed by atoms with Crippen molar-refractivity contribution in [1.82, 2.24) is 5.32 Å².